The maximum absolute atomic E-state index is 13.2. The first-order valence-electron chi connectivity index (χ1n) is 5.79. The Morgan fingerprint density at radius 1 is 1.37 bits per heavy atom. The van der Waals surface area contributed by atoms with Crippen molar-refractivity contribution in [3.05, 3.63) is 53.3 Å². The van der Waals surface area contributed by atoms with Gasteiger partial charge in [0.1, 0.15) is 17.1 Å². The van der Waals surface area contributed by atoms with Gasteiger partial charge in [0.15, 0.2) is 5.76 Å². The summed E-state index contributed by atoms with van der Waals surface area (Å²) in [4.78, 5) is 12.4. The number of benzene rings is 1. The zero-order valence-electron chi connectivity index (χ0n) is 10.5. The van der Waals surface area contributed by atoms with Crippen molar-refractivity contribution in [1.82, 2.24) is 9.78 Å². The van der Waals surface area contributed by atoms with Crippen molar-refractivity contribution >= 4 is 16.8 Å². The molecule has 0 spiro atoms. The second-order valence-corrected chi connectivity index (χ2v) is 4.37. The minimum absolute atomic E-state index is 0.226. The summed E-state index contributed by atoms with van der Waals surface area (Å²) in [7, 11) is 1.69. The lowest BCUT2D eigenvalue weighted by Gasteiger charge is -1.98. The lowest BCUT2D eigenvalue weighted by atomic mass is 10.1. The van der Waals surface area contributed by atoms with E-state index in [0.717, 1.165) is 5.39 Å². The van der Waals surface area contributed by atoms with Crippen LogP contribution >= 0.6 is 0 Å². The molecule has 3 aromatic rings. The molecule has 0 N–H and O–H groups in total. The molecule has 0 fully saturated rings. The third kappa shape index (κ3) is 1.74. The molecule has 0 bridgehead atoms. The Labute approximate surface area is 108 Å². The van der Waals surface area contributed by atoms with Gasteiger partial charge in [-0.25, -0.2) is 4.39 Å². The molecule has 0 saturated carbocycles. The molecule has 3 rings (SSSR count). The van der Waals surface area contributed by atoms with Gasteiger partial charge in [-0.2, -0.15) is 5.10 Å². The third-order valence-electron chi connectivity index (χ3n) is 3.16. The molecule has 0 aliphatic rings. The van der Waals surface area contributed by atoms with Gasteiger partial charge in [0.05, 0.1) is 0 Å². The highest BCUT2D eigenvalue weighted by molar-refractivity contribution is 6.09. The minimum Gasteiger partial charge on any atom is -0.452 e. The lowest BCUT2D eigenvalue weighted by Crippen LogP contribution is -2.08. The van der Waals surface area contributed by atoms with E-state index >= 15 is 0 Å². The van der Waals surface area contributed by atoms with E-state index in [-0.39, 0.29) is 17.4 Å². The predicted molar refractivity (Wildman–Crippen MR) is 67.5 cm³/mol. The molecule has 96 valence electrons. The molecule has 0 amide bonds. The van der Waals surface area contributed by atoms with Crippen molar-refractivity contribution in [2.75, 3.05) is 0 Å². The number of ketones is 1. The highest BCUT2D eigenvalue weighted by atomic mass is 19.1. The zero-order chi connectivity index (χ0) is 13.6. The molecule has 0 unspecified atom stereocenters. The average Bonchev–Trinajstić information content (AvgIpc) is 2.93. The van der Waals surface area contributed by atoms with Crippen LogP contribution in [0.2, 0.25) is 0 Å². The summed E-state index contributed by atoms with van der Waals surface area (Å²) in [6.45, 7) is 1.79. The van der Waals surface area contributed by atoms with Crippen molar-refractivity contribution < 1.29 is 13.6 Å². The van der Waals surface area contributed by atoms with Crippen LogP contribution in [0.1, 0.15) is 21.8 Å². The van der Waals surface area contributed by atoms with Crippen molar-refractivity contribution in [1.29, 1.82) is 0 Å². The Morgan fingerprint density at radius 2 is 2.16 bits per heavy atom. The number of hydrogen-bond donors (Lipinski definition) is 0. The molecule has 0 radical (unpaired) electrons. The second-order valence-electron chi connectivity index (χ2n) is 4.37. The number of nitrogens with zero attached hydrogens (tertiary/aromatic N) is 2. The molecule has 2 aromatic heterocycles. The molecular formula is C14H11FN2O2. The summed E-state index contributed by atoms with van der Waals surface area (Å²) in [6, 6.07) is 5.87. The number of aryl methyl sites for hydroxylation is 2. The van der Waals surface area contributed by atoms with E-state index in [9.17, 15) is 9.18 Å². The second kappa shape index (κ2) is 4.05. The summed E-state index contributed by atoms with van der Waals surface area (Å²) >= 11 is 0. The van der Waals surface area contributed by atoms with Crippen LogP contribution in [0.25, 0.3) is 11.0 Å². The van der Waals surface area contributed by atoms with Crippen LogP contribution in [0.5, 0.6) is 0 Å². The van der Waals surface area contributed by atoms with Gasteiger partial charge in [-0.05, 0) is 25.1 Å². The molecule has 4 nitrogen and oxygen atoms in total. The van der Waals surface area contributed by atoms with Crippen LogP contribution in [0.3, 0.4) is 0 Å². The van der Waals surface area contributed by atoms with Gasteiger partial charge < -0.3 is 4.42 Å². The summed E-state index contributed by atoms with van der Waals surface area (Å²) in [5.74, 6) is -0.418. The molecule has 0 aliphatic carbocycles. The fraction of sp³-hybridized carbons (Fsp3) is 0.143. The molecule has 19 heavy (non-hydrogen) atoms. The summed E-state index contributed by atoms with van der Waals surface area (Å²) < 4.78 is 20.1. The van der Waals surface area contributed by atoms with E-state index in [0.29, 0.717) is 16.8 Å². The Balaban J connectivity index is 2.18. The minimum atomic E-state index is -0.388. The van der Waals surface area contributed by atoms with Gasteiger partial charge in [0.2, 0.25) is 5.78 Å². The number of furan rings is 1. The Hall–Kier alpha value is -2.43. The van der Waals surface area contributed by atoms with Crippen molar-refractivity contribution in [3.63, 3.8) is 0 Å². The molecule has 5 heteroatoms. The van der Waals surface area contributed by atoms with E-state index in [1.807, 2.05) is 0 Å². The monoisotopic (exact) mass is 258 g/mol. The number of aromatic nitrogens is 2. The van der Waals surface area contributed by atoms with E-state index in [1.165, 1.54) is 16.8 Å². The lowest BCUT2D eigenvalue weighted by molar-refractivity contribution is 0.100. The first kappa shape index (κ1) is 11.6. The zero-order valence-corrected chi connectivity index (χ0v) is 10.5. The van der Waals surface area contributed by atoms with Crippen LogP contribution in [-0.4, -0.2) is 15.6 Å². The van der Waals surface area contributed by atoms with E-state index in [1.54, 1.807) is 32.3 Å². The standard InChI is InChI=1S/C14H11FN2O2/c1-8-10-4-3-9(15)7-12(10)19-14(8)13(18)11-5-6-16-17(11)2/h3-7H,1-2H3. The number of hydrogen-bond acceptors (Lipinski definition) is 3. The van der Waals surface area contributed by atoms with E-state index in [4.69, 9.17) is 4.42 Å². The van der Waals surface area contributed by atoms with Gasteiger partial charge in [-0.3, -0.25) is 9.48 Å². The summed E-state index contributed by atoms with van der Waals surface area (Å²) in [6.07, 6.45) is 1.55. The highest BCUT2D eigenvalue weighted by Gasteiger charge is 2.21. The van der Waals surface area contributed by atoms with Crippen molar-refractivity contribution in [3.8, 4) is 0 Å². The third-order valence-corrected chi connectivity index (χ3v) is 3.16. The molecule has 2 heterocycles. The predicted octanol–water partition coefficient (Wildman–Crippen LogP) is 2.84. The van der Waals surface area contributed by atoms with E-state index in [2.05, 4.69) is 5.10 Å². The Kier molecular flexibility index (Phi) is 2.48. The molecule has 1 aromatic carbocycles. The van der Waals surface area contributed by atoms with Crippen molar-refractivity contribution in [2.45, 2.75) is 6.92 Å². The first-order valence-corrected chi connectivity index (χ1v) is 5.79. The summed E-state index contributed by atoms with van der Waals surface area (Å²) in [5.41, 5.74) is 1.52. The number of halogens is 1. The number of fused-ring (bicyclic) bond motifs is 1. The number of carbonyl (C=O) groups is 1. The maximum Gasteiger partial charge on any atom is 0.246 e. The van der Waals surface area contributed by atoms with E-state index < -0.39 is 0 Å². The fourth-order valence-corrected chi connectivity index (χ4v) is 2.13. The van der Waals surface area contributed by atoms with Crippen LogP contribution in [0.15, 0.2) is 34.9 Å². The normalized spacial score (nSPS) is 11.1. The van der Waals surface area contributed by atoms with Gasteiger partial charge in [-0.1, -0.05) is 0 Å². The smallest absolute Gasteiger partial charge is 0.246 e. The van der Waals surface area contributed by atoms with Crippen LogP contribution < -0.4 is 0 Å². The SMILES string of the molecule is Cc1c(C(=O)c2ccnn2C)oc2cc(F)ccc12. The molecule has 0 atom stereocenters. The topological polar surface area (TPSA) is 48.0 Å². The largest absolute Gasteiger partial charge is 0.452 e. The number of rotatable bonds is 2. The van der Waals surface area contributed by atoms with Gasteiger partial charge >= 0.3 is 0 Å². The number of carbonyl (C=O) groups excluding carboxylic acids is 1. The maximum atomic E-state index is 13.2. The van der Waals surface area contributed by atoms with Crippen LogP contribution in [0, 0.1) is 12.7 Å². The average molecular weight is 258 g/mol. The van der Waals surface area contributed by atoms with Crippen LogP contribution in [0.4, 0.5) is 4.39 Å². The fourth-order valence-electron chi connectivity index (χ4n) is 2.13. The summed E-state index contributed by atoms with van der Waals surface area (Å²) in [5, 5.41) is 4.70. The Bertz CT molecular complexity index is 786. The van der Waals surface area contributed by atoms with Crippen molar-refractivity contribution in [2.24, 2.45) is 7.05 Å². The quantitative estimate of drug-likeness (QED) is 0.664. The van der Waals surface area contributed by atoms with Crippen LogP contribution in [-0.2, 0) is 7.05 Å². The Morgan fingerprint density at radius 3 is 2.84 bits per heavy atom. The highest BCUT2D eigenvalue weighted by Crippen LogP contribution is 2.27. The van der Waals surface area contributed by atoms with Gasteiger partial charge in [-0.15, -0.1) is 0 Å². The first-order chi connectivity index (χ1) is 9.08. The molecule has 0 saturated heterocycles. The van der Waals surface area contributed by atoms with Gasteiger partial charge in [0, 0.05) is 30.3 Å². The molecule has 0 aliphatic heterocycles. The molecular weight excluding hydrogens is 247 g/mol. The van der Waals surface area contributed by atoms with Gasteiger partial charge in [0.25, 0.3) is 0 Å².